The molecule has 534 valence electrons. The fourth-order valence-corrected chi connectivity index (χ4v) is 11.9. The average Bonchev–Trinajstić information content (AvgIpc) is 0.765. The lowest BCUT2D eigenvalue weighted by atomic mass is 9.94. The maximum atomic E-state index is 12.8. The second kappa shape index (κ2) is 32.0. The SMILES string of the molecule is CC(=O)N[C@@H]1[C@@H](O[C@@H]2O[C@H](CO)[C@H](O)[C@H](O[C@@H]3O[C@H](CO)[C@H](O)[C@H](O[C@@H]4O[C@H](CO)[C@H](O)[C@H](O)[C@H]4O[C@@H]4O[C@@H](C)[C@@H](O)[C@@H](O)[C@@H]4O)[C@H]3O[C@@H]3O[C@@H](C)[C@@H](O)[C@@H](O)[C@@H]3O)[C@H]2O[C@@H]2O[C@@H](C)[C@@H](O)[C@@H](O)[C@@H]2O)[C@@H](O)[C@@H](CO[C@@H]2O[C@H](CO)[C@@H](O)[C@H](O)[C@H]2NC(C)=O)O[C@@H]1O. The van der Waals surface area contributed by atoms with E-state index >= 15 is 0 Å². The summed E-state index contributed by atoms with van der Waals surface area (Å²) >= 11 is 0. The van der Waals surface area contributed by atoms with Crippen molar-refractivity contribution in [2.45, 2.75) is 280 Å². The van der Waals surface area contributed by atoms with Gasteiger partial charge in [0.25, 0.3) is 0 Å². The van der Waals surface area contributed by atoms with Gasteiger partial charge >= 0.3 is 0 Å². The van der Waals surface area contributed by atoms with Crippen LogP contribution in [-0.2, 0) is 80.6 Å². The van der Waals surface area contributed by atoms with Gasteiger partial charge < -0.3 is 189 Å². The Morgan fingerprint density at radius 2 is 0.620 bits per heavy atom. The second-order valence-corrected chi connectivity index (χ2v) is 23.8. The number of hydrogen-bond donors (Lipinski definition) is 23. The first-order valence-corrected chi connectivity index (χ1v) is 29.7. The first-order chi connectivity index (χ1) is 43.4. The van der Waals surface area contributed by atoms with Gasteiger partial charge in [-0.25, -0.2) is 0 Å². The van der Waals surface area contributed by atoms with Crippen LogP contribution in [0.2, 0.25) is 0 Å². The highest BCUT2D eigenvalue weighted by Crippen LogP contribution is 2.40. The average molecular weight is 1350 g/mol. The van der Waals surface area contributed by atoms with E-state index in [0.717, 1.165) is 13.8 Å². The van der Waals surface area contributed by atoms with E-state index < -0.39 is 290 Å². The van der Waals surface area contributed by atoms with Crippen molar-refractivity contribution in [2.75, 3.05) is 33.0 Å². The monoisotopic (exact) mass is 1350 g/mol. The molecule has 23 N–H and O–H groups in total. The number of nitrogens with one attached hydrogen (secondary N) is 2. The van der Waals surface area contributed by atoms with E-state index in [9.17, 15) is 117 Å². The molecule has 0 aromatic carbocycles. The van der Waals surface area contributed by atoms with Crippen molar-refractivity contribution in [2.24, 2.45) is 0 Å². The fraction of sp³-hybridized carbons (Fsp3) is 0.962. The Balaban J connectivity index is 1.19. The molecule has 92 heavy (non-hydrogen) atoms. The standard InChI is InChI=1S/C52H88N2O38/c1-11-23(61)32(70)36(74)47(79-11)90-42-35(73)27(65)17(7-56)84-50(42)88-40-28(66)19(9-58)86-52(44(40)92-49-38(76)34(72)25(63)13(3)81-49)89-41-29(67)18(8-57)85-51(43(41)91-48-37(75)33(71)24(62)12(2)80-48)87-39-22(54-15(5)60)45(77)82-20(30(39)68)10-78-46-21(53-14(4)59)31(69)26(64)16(6-55)83-46/h11-13,16-52,55-58,61-77H,6-10H2,1-5H3,(H,53,59)(H,54,60)/t11-,12-,13-,16+,17+,18+,19+,20+,21+,22+,23+,24+,25+,26+,27-,28-,29-,30-,31+,32+,33+,34+,35-,36-,37-,38-,39+,40-,41-,42+,43+,44+,45-,46+,47-,48-,49-,50-,51-,52-/m0/s1. The Hall–Kier alpha value is -2.50. The van der Waals surface area contributed by atoms with E-state index in [1.54, 1.807) is 0 Å². The lowest BCUT2D eigenvalue weighted by Gasteiger charge is -2.52. The van der Waals surface area contributed by atoms with Crippen molar-refractivity contribution in [1.82, 2.24) is 10.6 Å². The van der Waals surface area contributed by atoms with Gasteiger partial charge in [-0.1, -0.05) is 0 Å². The highest BCUT2D eigenvalue weighted by molar-refractivity contribution is 5.73. The van der Waals surface area contributed by atoms with Crippen LogP contribution < -0.4 is 10.6 Å². The zero-order valence-corrected chi connectivity index (χ0v) is 50.0. The van der Waals surface area contributed by atoms with Crippen LogP contribution in [0.5, 0.6) is 0 Å². The van der Waals surface area contributed by atoms with E-state index in [1.807, 2.05) is 0 Å². The van der Waals surface area contributed by atoms with Gasteiger partial charge in [-0.2, -0.15) is 0 Å². The van der Waals surface area contributed by atoms with Crippen LogP contribution in [0.3, 0.4) is 0 Å². The predicted octanol–water partition coefficient (Wildman–Crippen LogP) is -15.1. The van der Waals surface area contributed by atoms with Crippen molar-refractivity contribution in [3.8, 4) is 0 Å². The molecule has 0 bridgehead atoms. The molecule has 8 aliphatic rings. The number of ether oxygens (including phenoxy) is 15. The van der Waals surface area contributed by atoms with Crippen LogP contribution in [-0.4, -0.2) is 398 Å². The summed E-state index contributed by atoms with van der Waals surface area (Å²) in [5.41, 5.74) is 0. The van der Waals surface area contributed by atoms with Gasteiger partial charge in [0.1, 0.15) is 177 Å². The largest absolute Gasteiger partial charge is 0.394 e. The Kier molecular flexibility index (Phi) is 26.2. The quantitative estimate of drug-likeness (QED) is 0.0507. The molecule has 40 nitrogen and oxygen atoms in total. The minimum atomic E-state index is -2.39. The van der Waals surface area contributed by atoms with Gasteiger partial charge in [0.05, 0.1) is 51.3 Å². The third kappa shape index (κ3) is 16.0. The summed E-state index contributed by atoms with van der Waals surface area (Å²) in [6, 6.07) is -3.40. The molecule has 8 fully saturated rings. The molecule has 8 saturated heterocycles. The van der Waals surface area contributed by atoms with E-state index in [0.29, 0.717) is 0 Å². The molecule has 0 unspecified atom stereocenters. The van der Waals surface area contributed by atoms with Gasteiger partial charge in [-0.3, -0.25) is 9.59 Å². The van der Waals surface area contributed by atoms with E-state index in [1.165, 1.54) is 20.8 Å². The van der Waals surface area contributed by atoms with Crippen molar-refractivity contribution in [3.63, 3.8) is 0 Å². The molecule has 40 atom stereocenters. The minimum absolute atomic E-state index is 0.745. The topological polar surface area (TPSA) is 621 Å². The number of rotatable bonds is 21. The summed E-state index contributed by atoms with van der Waals surface area (Å²) in [7, 11) is 0. The van der Waals surface area contributed by atoms with Gasteiger partial charge in [-0.15, -0.1) is 0 Å². The number of carbonyl (C=O) groups excluding carboxylic acids is 2. The van der Waals surface area contributed by atoms with Crippen LogP contribution in [0.4, 0.5) is 0 Å². The highest BCUT2D eigenvalue weighted by atomic mass is 16.8. The van der Waals surface area contributed by atoms with Gasteiger partial charge in [0, 0.05) is 13.8 Å². The molecule has 8 rings (SSSR count). The summed E-state index contributed by atoms with van der Waals surface area (Å²) in [6.45, 7) is 0.573. The van der Waals surface area contributed by atoms with Crippen LogP contribution in [0.25, 0.3) is 0 Å². The zero-order valence-electron chi connectivity index (χ0n) is 50.0. The molecule has 8 aliphatic heterocycles. The zero-order chi connectivity index (χ0) is 67.8. The Morgan fingerprint density at radius 1 is 0.304 bits per heavy atom. The maximum Gasteiger partial charge on any atom is 0.217 e. The van der Waals surface area contributed by atoms with E-state index in [2.05, 4.69) is 10.6 Å². The summed E-state index contributed by atoms with van der Waals surface area (Å²) in [5, 5.41) is 237. The Labute approximate surface area is 522 Å². The normalized spacial score (nSPS) is 52.1. The third-order valence-electron chi connectivity index (χ3n) is 17.3. The maximum absolute atomic E-state index is 12.8. The first-order valence-electron chi connectivity index (χ1n) is 29.7. The molecule has 0 spiro atoms. The second-order valence-electron chi connectivity index (χ2n) is 23.8. The van der Waals surface area contributed by atoms with Gasteiger partial charge in [-0.05, 0) is 20.8 Å². The highest BCUT2D eigenvalue weighted by Gasteiger charge is 2.61. The number of aliphatic hydroxyl groups excluding tert-OH is 21. The van der Waals surface area contributed by atoms with Crippen LogP contribution in [0.15, 0.2) is 0 Å². The molecule has 0 aromatic rings. The lowest BCUT2D eigenvalue weighted by Crippen LogP contribution is -2.71. The predicted molar refractivity (Wildman–Crippen MR) is 283 cm³/mol. The summed E-state index contributed by atoms with van der Waals surface area (Å²) in [4.78, 5) is 25.0. The van der Waals surface area contributed by atoms with Gasteiger partial charge in [0.15, 0.2) is 50.3 Å². The molecule has 0 saturated carbocycles. The van der Waals surface area contributed by atoms with E-state index in [-0.39, 0.29) is 0 Å². The molecule has 0 aliphatic carbocycles. The summed E-state index contributed by atoms with van der Waals surface area (Å²) in [5.74, 6) is -1.64. The minimum Gasteiger partial charge on any atom is -0.394 e. The van der Waals surface area contributed by atoms with Crippen molar-refractivity contribution >= 4 is 11.8 Å². The smallest absolute Gasteiger partial charge is 0.217 e. The molecule has 0 aromatic heterocycles. The van der Waals surface area contributed by atoms with Crippen LogP contribution >= 0.6 is 0 Å². The Bertz CT molecular complexity index is 2330. The molecule has 8 heterocycles. The third-order valence-corrected chi connectivity index (χ3v) is 17.3. The molecule has 0 radical (unpaired) electrons. The molecular weight excluding hydrogens is 1260 g/mol. The van der Waals surface area contributed by atoms with Crippen molar-refractivity contribution < 1.29 is 188 Å². The van der Waals surface area contributed by atoms with E-state index in [4.69, 9.17) is 71.1 Å². The summed E-state index contributed by atoms with van der Waals surface area (Å²) < 4.78 is 89.7. The molecule has 40 heteroatoms. The fourth-order valence-electron chi connectivity index (χ4n) is 11.9. The van der Waals surface area contributed by atoms with Crippen molar-refractivity contribution in [1.29, 1.82) is 0 Å². The molecular formula is C52H88N2O38. The number of carbonyl (C=O) groups is 2. The van der Waals surface area contributed by atoms with Gasteiger partial charge in [0.2, 0.25) is 11.8 Å². The van der Waals surface area contributed by atoms with Crippen LogP contribution in [0, 0.1) is 0 Å². The lowest BCUT2D eigenvalue weighted by molar-refractivity contribution is -0.422. The number of aliphatic hydroxyl groups is 21. The van der Waals surface area contributed by atoms with Crippen molar-refractivity contribution in [3.05, 3.63) is 0 Å². The molecule has 2 amide bonds. The Morgan fingerprint density at radius 3 is 1.01 bits per heavy atom. The first kappa shape index (κ1) is 75.3. The number of amides is 2. The summed E-state index contributed by atoms with van der Waals surface area (Å²) in [6.07, 6.45) is -75.9. The van der Waals surface area contributed by atoms with Crippen LogP contribution in [0.1, 0.15) is 34.6 Å². The number of hydrogen-bond acceptors (Lipinski definition) is 38.